The van der Waals surface area contributed by atoms with Gasteiger partial charge in [-0.15, -0.1) is 0 Å². The van der Waals surface area contributed by atoms with Gasteiger partial charge in [0.05, 0.1) is 6.54 Å². The van der Waals surface area contributed by atoms with Gasteiger partial charge in [-0.05, 0) is 41.7 Å². The summed E-state index contributed by atoms with van der Waals surface area (Å²) < 4.78 is 15.3. The van der Waals surface area contributed by atoms with Crippen LogP contribution in [0.25, 0.3) is 0 Å². The van der Waals surface area contributed by atoms with Crippen LogP contribution in [0.2, 0.25) is 0 Å². The summed E-state index contributed by atoms with van der Waals surface area (Å²) >= 11 is 0. The molecule has 0 aliphatic carbocycles. The van der Waals surface area contributed by atoms with E-state index in [1.807, 2.05) is 29.3 Å². The zero-order valence-corrected chi connectivity index (χ0v) is 17.2. The van der Waals surface area contributed by atoms with E-state index in [0.717, 1.165) is 37.1 Å². The van der Waals surface area contributed by atoms with Gasteiger partial charge < -0.3 is 9.47 Å². The van der Waals surface area contributed by atoms with Crippen molar-refractivity contribution in [2.24, 2.45) is 5.41 Å². The van der Waals surface area contributed by atoms with Crippen molar-refractivity contribution in [3.8, 4) is 0 Å². The molecule has 4 heteroatoms. The summed E-state index contributed by atoms with van der Waals surface area (Å²) in [6.45, 7) is 10.6. The number of aromatic nitrogens is 1. The lowest BCUT2D eigenvalue weighted by molar-refractivity contribution is -0.133. The number of amides is 1. The van der Waals surface area contributed by atoms with Gasteiger partial charge in [-0.25, -0.2) is 4.39 Å². The van der Waals surface area contributed by atoms with Crippen molar-refractivity contribution >= 4 is 5.91 Å². The second-order valence-electron chi connectivity index (χ2n) is 8.51. The monoisotopic (exact) mass is 372 g/mol. The van der Waals surface area contributed by atoms with Crippen LogP contribution in [0.5, 0.6) is 0 Å². The number of hydrogen-bond acceptors (Lipinski definition) is 1. The SMILES string of the molecule is CCCCCN(Cc1cccn1Cc1ccc(F)cc1)C(=O)CC(C)(C)C. The van der Waals surface area contributed by atoms with E-state index in [1.54, 1.807) is 0 Å². The fourth-order valence-corrected chi connectivity index (χ4v) is 3.14. The van der Waals surface area contributed by atoms with Gasteiger partial charge in [0.1, 0.15) is 5.82 Å². The summed E-state index contributed by atoms with van der Waals surface area (Å²) in [5.41, 5.74) is 2.14. The Morgan fingerprint density at radius 2 is 1.81 bits per heavy atom. The van der Waals surface area contributed by atoms with Gasteiger partial charge in [0, 0.05) is 31.4 Å². The summed E-state index contributed by atoms with van der Waals surface area (Å²) in [6.07, 6.45) is 5.89. The van der Waals surface area contributed by atoms with Crippen LogP contribution in [0.4, 0.5) is 4.39 Å². The van der Waals surface area contributed by atoms with E-state index in [1.165, 1.54) is 12.1 Å². The molecular formula is C23H33FN2O. The van der Waals surface area contributed by atoms with Gasteiger partial charge >= 0.3 is 0 Å². The Morgan fingerprint density at radius 3 is 2.44 bits per heavy atom. The molecule has 0 unspecified atom stereocenters. The molecule has 0 aliphatic rings. The average molecular weight is 373 g/mol. The molecule has 27 heavy (non-hydrogen) atoms. The zero-order valence-electron chi connectivity index (χ0n) is 17.2. The third-order valence-corrected chi connectivity index (χ3v) is 4.61. The molecule has 3 nitrogen and oxygen atoms in total. The highest BCUT2D eigenvalue weighted by Crippen LogP contribution is 2.21. The van der Waals surface area contributed by atoms with E-state index >= 15 is 0 Å². The highest BCUT2D eigenvalue weighted by atomic mass is 19.1. The van der Waals surface area contributed by atoms with Crippen LogP contribution in [-0.2, 0) is 17.9 Å². The zero-order chi connectivity index (χ0) is 19.9. The summed E-state index contributed by atoms with van der Waals surface area (Å²) in [4.78, 5) is 14.9. The first-order chi connectivity index (χ1) is 12.8. The minimum absolute atomic E-state index is 0.0177. The van der Waals surface area contributed by atoms with Crippen LogP contribution in [0.3, 0.4) is 0 Å². The lowest BCUT2D eigenvalue weighted by Crippen LogP contribution is -2.34. The van der Waals surface area contributed by atoms with Gasteiger partial charge in [0.2, 0.25) is 5.91 Å². The number of carbonyl (C=O) groups excluding carboxylic acids is 1. The van der Waals surface area contributed by atoms with E-state index in [9.17, 15) is 9.18 Å². The molecule has 0 saturated heterocycles. The van der Waals surface area contributed by atoms with Crippen LogP contribution in [0.1, 0.15) is 64.6 Å². The molecule has 1 aromatic carbocycles. The standard InChI is InChI=1S/C23H33FN2O/c1-5-6-7-14-26(22(27)16-23(2,3)4)18-21-9-8-15-25(21)17-19-10-12-20(24)13-11-19/h8-13,15H,5-7,14,16-18H2,1-4H3. The summed E-state index contributed by atoms with van der Waals surface area (Å²) in [5, 5.41) is 0. The first kappa shape index (κ1) is 21.2. The first-order valence-corrected chi connectivity index (χ1v) is 9.95. The Hall–Kier alpha value is -2.10. The number of unbranched alkanes of at least 4 members (excludes halogenated alkanes) is 2. The fraction of sp³-hybridized carbons (Fsp3) is 0.522. The molecule has 2 aromatic rings. The second kappa shape index (κ2) is 9.72. The smallest absolute Gasteiger partial charge is 0.223 e. The Kier molecular flexibility index (Phi) is 7.64. The number of rotatable bonds is 9. The fourth-order valence-electron chi connectivity index (χ4n) is 3.14. The molecule has 0 saturated carbocycles. The molecular weight excluding hydrogens is 339 g/mol. The summed E-state index contributed by atoms with van der Waals surface area (Å²) in [6, 6.07) is 10.7. The Bertz CT molecular complexity index is 713. The van der Waals surface area contributed by atoms with E-state index in [4.69, 9.17) is 0 Å². The topological polar surface area (TPSA) is 25.2 Å². The van der Waals surface area contributed by atoms with Crippen molar-refractivity contribution in [3.05, 3.63) is 59.7 Å². The van der Waals surface area contributed by atoms with Crippen molar-refractivity contribution in [3.63, 3.8) is 0 Å². The van der Waals surface area contributed by atoms with E-state index < -0.39 is 0 Å². The van der Waals surface area contributed by atoms with Gasteiger partial charge in [-0.2, -0.15) is 0 Å². The predicted octanol–water partition coefficient (Wildman–Crippen LogP) is 5.63. The molecule has 2 rings (SSSR count). The molecule has 1 heterocycles. The molecule has 0 bridgehead atoms. The van der Waals surface area contributed by atoms with Gasteiger partial charge in [-0.3, -0.25) is 4.79 Å². The van der Waals surface area contributed by atoms with Crippen molar-refractivity contribution in [2.45, 2.75) is 66.5 Å². The lowest BCUT2D eigenvalue weighted by atomic mass is 9.91. The molecule has 0 aliphatic heterocycles. The van der Waals surface area contributed by atoms with Crippen LogP contribution in [-0.4, -0.2) is 21.9 Å². The Morgan fingerprint density at radius 1 is 1.11 bits per heavy atom. The third-order valence-electron chi connectivity index (χ3n) is 4.61. The molecule has 1 aromatic heterocycles. The van der Waals surface area contributed by atoms with Crippen molar-refractivity contribution < 1.29 is 9.18 Å². The van der Waals surface area contributed by atoms with Gasteiger partial charge in [0.25, 0.3) is 0 Å². The maximum atomic E-state index is 13.1. The Labute approximate surface area is 163 Å². The molecule has 0 spiro atoms. The largest absolute Gasteiger partial charge is 0.345 e. The van der Waals surface area contributed by atoms with Crippen molar-refractivity contribution in [1.29, 1.82) is 0 Å². The number of nitrogens with zero attached hydrogens (tertiary/aromatic N) is 2. The minimum Gasteiger partial charge on any atom is -0.345 e. The molecule has 1 amide bonds. The van der Waals surface area contributed by atoms with Crippen molar-refractivity contribution in [2.75, 3.05) is 6.54 Å². The van der Waals surface area contributed by atoms with E-state index in [2.05, 4.69) is 38.3 Å². The van der Waals surface area contributed by atoms with Crippen LogP contribution in [0.15, 0.2) is 42.6 Å². The van der Waals surface area contributed by atoms with Crippen molar-refractivity contribution in [1.82, 2.24) is 9.47 Å². The quantitative estimate of drug-likeness (QED) is 0.524. The highest BCUT2D eigenvalue weighted by molar-refractivity contribution is 5.76. The maximum Gasteiger partial charge on any atom is 0.223 e. The first-order valence-electron chi connectivity index (χ1n) is 9.95. The molecule has 148 valence electrons. The number of hydrogen-bond donors (Lipinski definition) is 0. The van der Waals surface area contributed by atoms with Gasteiger partial charge in [-0.1, -0.05) is 52.7 Å². The molecule has 0 N–H and O–H groups in total. The normalized spacial score (nSPS) is 11.6. The van der Waals surface area contributed by atoms with Crippen LogP contribution < -0.4 is 0 Å². The summed E-state index contributed by atoms with van der Waals surface area (Å²) in [7, 11) is 0. The third kappa shape index (κ3) is 7.20. The Balaban J connectivity index is 2.10. The second-order valence-corrected chi connectivity index (χ2v) is 8.51. The highest BCUT2D eigenvalue weighted by Gasteiger charge is 2.22. The number of carbonyl (C=O) groups is 1. The minimum atomic E-state index is -0.221. The number of halogens is 1. The van der Waals surface area contributed by atoms with E-state index in [-0.39, 0.29) is 17.1 Å². The van der Waals surface area contributed by atoms with Crippen LogP contribution in [0, 0.1) is 11.2 Å². The molecule has 0 atom stereocenters. The maximum absolute atomic E-state index is 13.1. The lowest BCUT2D eigenvalue weighted by Gasteiger charge is -2.27. The number of benzene rings is 1. The van der Waals surface area contributed by atoms with E-state index in [0.29, 0.717) is 19.5 Å². The summed E-state index contributed by atoms with van der Waals surface area (Å²) in [5.74, 6) is -0.00510. The molecule has 0 radical (unpaired) electrons. The molecule has 0 fully saturated rings. The van der Waals surface area contributed by atoms with Crippen LogP contribution >= 0.6 is 0 Å². The average Bonchev–Trinajstić information content (AvgIpc) is 3.01. The predicted molar refractivity (Wildman–Crippen MR) is 109 cm³/mol. The van der Waals surface area contributed by atoms with Gasteiger partial charge in [0.15, 0.2) is 0 Å².